The van der Waals surface area contributed by atoms with E-state index in [-0.39, 0.29) is 18.0 Å². The number of amides is 1. The number of hydrogen-bond acceptors (Lipinski definition) is 6. The predicted octanol–water partition coefficient (Wildman–Crippen LogP) is 2.96. The Hall–Kier alpha value is -3.35. The molecule has 3 atom stereocenters. The monoisotopic (exact) mass is 386 g/mol. The Morgan fingerprint density at radius 1 is 1.03 bits per heavy atom. The number of carbonyl (C=O) groups excluding carboxylic acids is 1. The summed E-state index contributed by atoms with van der Waals surface area (Å²) >= 11 is 0. The third-order valence-electron chi connectivity index (χ3n) is 5.82. The van der Waals surface area contributed by atoms with E-state index in [4.69, 9.17) is 0 Å². The summed E-state index contributed by atoms with van der Waals surface area (Å²) < 4.78 is 0. The quantitative estimate of drug-likeness (QED) is 0.742. The standard InChI is InChI=1S/C22H22N6O/c1-14-11-26-20(12-25-14)27-18-9-15-10-19(18)28(13-15)22(29)17-6-3-2-5-16(17)21-23-7-4-8-24-21/h2-8,11-12,15,18-19H,9-10,13H2,1H3,(H,26,27)/t15-,18+,19-/m0/s1. The highest BCUT2D eigenvalue weighted by atomic mass is 16.2. The van der Waals surface area contributed by atoms with E-state index in [1.165, 1.54) is 0 Å². The van der Waals surface area contributed by atoms with Crippen LogP contribution in [0.2, 0.25) is 0 Å². The summed E-state index contributed by atoms with van der Waals surface area (Å²) in [5.74, 6) is 1.89. The molecule has 7 heteroatoms. The van der Waals surface area contributed by atoms with Gasteiger partial charge < -0.3 is 10.2 Å². The average Bonchev–Trinajstić information content (AvgIpc) is 3.36. The highest BCUT2D eigenvalue weighted by Crippen LogP contribution is 2.40. The zero-order valence-electron chi connectivity index (χ0n) is 16.2. The first-order valence-corrected chi connectivity index (χ1v) is 9.91. The van der Waals surface area contributed by atoms with Gasteiger partial charge in [-0.3, -0.25) is 9.78 Å². The molecule has 1 N–H and O–H groups in total. The lowest BCUT2D eigenvalue weighted by Gasteiger charge is -2.34. The second-order valence-electron chi connectivity index (χ2n) is 7.77. The summed E-state index contributed by atoms with van der Waals surface area (Å²) in [6, 6.07) is 9.71. The first kappa shape index (κ1) is 17.7. The van der Waals surface area contributed by atoms with Crippen molar-refractivity contribution in [3.63, 3.8) is 0 Å². The normalized spacial score (nSPS) is 22.7. The highest BCUT2D eigenvalue weighted by molar-refractivity contribution is 6.00. The molecule has 29 heavy (non-hydrogen) atoms. The van der Waals surface area contributed by atoms with Gasteiger partial charge in [0.15, 0.2) is 5.82 Å². The average molecular weight is 386 g/mol. The van der Waals surface area contributed by atoms with Crippen molar-refractivity contribution >= 4 is 11.7 Å². The van der Waals surface area contributed by atoms with E-state index in [0.29, 0.717) is 17.3 Å². The minimum Gasteiger partial charge on any atom is -0.364 e. The van der Waals surface area contributed by atoms with Gasteiger partial charge in [0.05, 0.1) is 29.7 Å². The molecule has 1 amide bonds. The van der Waals surface area contributed by atoms with Gasteiger partial charge in [-0.25, -0.2) is 15.0 Å². The van der Waals surface area contributed by atoms with Crippen LogP contribution in [0.15, 0.2) is 55.1 Å². The molecule has 2 aromatic heterocycles. The van der Waals surface area contributed by atoms with Crippen LogP contribution in [0.25, 0.3) is 11.4 Å². The van der Waals surface area contributed by atoms with Crippen LogP contribution in [0.3, 0.4) is 0 Å². The number of benzene rings is 1. The summed E-state index contributed by atoms with van der Waals surface area (Å²) in [4.78, 5) is 32.9. The minimum absolute atomic E-state index is 0.0436. The Morgan fingerprint density at radius 2 is 1.86 bits per heavy atom. The molecule has 7 nitrogen and oxygen atoms in total. The number of aryl methyl sites for hydroxylation is 1. The second kappa shape index (κ2) is 7.24. The summed E-state index contributed by atoms with van der Waals surface area (Å²) in [6.07, 6.45) is 8.98. The molecular weight excluding hydrogens is 364 g/mol. The molecule has 0 unspecified atom stereocenters. The number of anilines is 1. The molecule has 146 valence electrons. The summed E-state index contributed by atoms with van der Waals surface area (Å²) in [5.41, 5.74) is 2.31. The number of hydrogen-bond donors (Lipinski definition) is 1. The molecule has 1 aliphatic carbocycles. The van der Waals surface area contributed by atoms with Gasteiger partial charge in [0.2, 0.25) is 0 Å². The Kier molecular flexibility index (Phi) is 4.42. The highest BCUT2D eigenvalue weighted by Gasteiger charge is 2.47. The van der Waals surface area contributed by atoms with Gasteiger partial charge in [-0.15, -0.1) is 0 Å². The SMILES string of the molecule is Cc1cnc(N[C@@H]2C[C@H]3C[C@@H]2N(C(=O)c2ccccc2-c2ncccn2)C3)cn1. The van der Waals surface area contributed by atoms with Crippen LogP contribution >= 0.6 is 0 Å². The number of nitrogens with one attached hydrogen (secondary N) is 1. The van der Waals surface area contributed by atoms with Crippen LogP contribution < -0.4 is 5.32 Å². The summed E-state index contributed by atoms with van der Waals surface area (Å²) in [7, 11) is 0. The van der Waals surface area contributed by atoms with E-state index in [1.807, 2.05) is 36.1 Å². The first-order valence-electron chi connectivity index (χ1n) is 9.91. The lowest BCUT2D eigenvalue weighted by Crippen LogP contribution is -2.47. The van der Waals surface area contributed by atoms with Crippen molar-refractivity contribution in [3.8, 4) is 11.4 Å². The summed E-state index contributed by atoms with van der Waals surface area (Å²) in [5, 5.41) is 3.49. The molecule has 5 rings (SSSR count). The van der Waals surface area contributed by atoms with Crippen molar-refractivity contribution in [3.05, 3.63) is 66.4 Å². The van der Waals surface area contributed by atoms with Crippen LogP contribution in [0.4, 0.5) is 5.82 Å². The fourth-order valence-corrected chi connectivity index (χ4v) is 4.53. The van der Waals surface area contributed by atoms with Crippen LogP contribution in [0.1, 0.15) is 28.9 Å². The van der Waals surface area contributed by atoms with E-state index in [0.717, 1.165) is 36.5 Å². The number of piperidine rings is 1. The minimum atomic E-state index is 0.0436. The topological polar surface area (TPSA) is 83.9 Å². The Morgan fingerprint density at radius 3 is 2.62 bits per heavy atom. The smallest absolute Gasteiger partial charge is 0.254 e. The lowest BCUT2D eigenvalue weighted by molar-refractivity contribution is 0.0693. The number of carbonyl (C=O) groups is 1. The van der Waals surface area contributed by atoms with Crippen LogP contribution in [-0.4, -0.2) is 49.4 Å². The van der Waals surface area contributed by atoms with Gasteiger partial charge >= 0.3 is 0 Å². The van der Waals surface area contributed by atoms with Crippen molar-refractivity contribution in [1.82, 2.24) is 24.8 Å². The third-order valence-corrected chi connectivity index (χ3v) is 5.82. The molecule has 2 bridgehead atoms. The van der Waals surface area contributed by atoms with Gasteiger partial charge in [-0.05, 0) is 37.8 Å². The van der Waals surface area contributed by atoms with Crippen molar-refractivity contribution in [2.24, 2.45) is 5.92 Å². The number of rotatable bonds is 4. The second-order valence-corrected chi connectivity index (χ2v) is 7.77. The van der Waals surface area contributed by atoms with Crippen LogP contribution in [0.5, 0.6) is 0 Å². The van der Waals surface area contributed by atoms with Gasteiger partial charge in [0.25, 0.3) is 5.91 Å². The number of nitrogens with zero attached hydrogens (tertiary/aromatic N) is 5. The number of fused-ring (bicyclic) bond motifs is 2. The summed E-state index contributed by atoms with van der Waals surface area (Å²) in [6.45, 7) is 2.72. The molecule has 2 aliphatic rings. The van der Waals surface area contributed by atoms with Gasteiger partial charge in [-0.1, -0.05) is 18.2 Å². The van der Waals surface area contributed by atoms with Crippen LogP contribution in [0, 0.1) is 12.8 Å². The maximum absolute atomic E-state index is 13.5. The molecule has 1 aliphatic heterocycles. The van der Waals surface area contributed by atoms with Gasteiger partial charge in [-0.2, -0.15) is 0 Å². The molecule has 0 radical (unpaired) electrons. The van der Waals surface area contributed by atoms with E-state index >= 15 is 0 Å². The molecule has 2 fully saturated rings. The molecule has 3 aromatic rings. The molecular formula is C22H22N6O. The molecule has 3 heterocycles. The van der Waals surface area contributed by atoms with Crippen molar-refractivity contribution < 1.29 is 4.79 Å². The molecule has 1 saturated heterocycles. The maximum atomic E-state index is 13.5. The third kappa shape index (κ3) is 3.33. The zero-order valence-corrected chi connectivity index (χ0v) is 16.2. The Balaban J connectivity index is 1.39. The molecule has 0 spiro atoms. The zero-order chi connectivity index (χ0) is 19.8. The maximum Gasteiger partial charge on any atom is 0.254 e. The van der Waals surface area contributed by atoms with E-state index in [2.05, 4.69) is 25.3 Å². The Labute approximate surface area is 169 Å². The fourth-order valence-electron chi connectivity index (χ4n) is 4.53. The van der Waals surface area contributed by atoms with E-state index in [9.17, 15) is 4.79 Å². The van der Waals surface area contributed by atoms with Crippen molar-refractivity contribution in [2.75, 3.05) is 11.9 Å². The van der Waals surface area contributed by atoms with E-state index in [1.54, 1.807) is 30.9 Å². The number of likely N-dealkylation sites (tertiary alicyclic amines) is 1. The van der Waals surface area contributed by atoms with Gasteiger partial charge in [0, 0.05) is 30.5 Å². The fraction of sp³-hybridized carbons (Fsp3) is 0.318. The van der Waals surface area contributed by atoms with E-state index < -0.39 is 0 Å². The lowest BCUT2D eigenvalue weighted by atomic mass is 10.0. The molecule has 1 aromatic carbocycles. The Bertz CT molecular complexity index is 1020. The number of aromatic nitrogens is 4. The van der Waals surface area contributed by atoms with Crippen molar-refractivity contribution in [1.29, 1.82) is 0 Å². The largest absolute Gasteiger partial charge is 0.364 e. The van der Waals surface area contributed by atoms with Crippen molar-refractivity contribution in [2.45, 2.75) is 31.8 Å². The first-order chi connectivity index (χ1) is 14.2. The van der Waals surface area contributed by atoms with Gasteiger partial charge in [0.1, 0.15) is 5.82 Å². The predicted molar refractivity (Wildman–Crippen MR) is 109 cm³/mol. The molecule has 1 saturated carbocycles. The van der Waals surface area contributed by atoms with Crippen LogP contribution in [-0.2, 0) is 0 Å².